The second-order valence-electron chi connectivity index (χ2n) is 6.36. The van der Waals surface area contributed by atoms with Gasteiger partial charge in [-0.15, -0.1) is 0 Å². The highest BCUT2D eigenvalue weighted by atomic mass is 35.5. The fraction of sp³-hybridized carbons (Fsp3) is 0.200. The van der Waals surface area contributed by atoms with Gasteiger partial charge in [-0.3, -0.25) is 4.68 Å². The van der Waals surface area contributed by atoms with Crippen molar-refractivity contribution in [1.29, 1.82) is 0 Å². The van der Waals surface area contributed by atoms with E-state index in [1.807, 2.05) is 55.8 Å². The molecule has 0 radical (unpaired) electrons. The number of aryl methyl sites for hydroxylation is 2. The molecule has 0 fully saturated rings. The number of carbonyl (C=O) groups is 1. The highest BCUT2D eigenvalue weighted by Gasteiger charge is 2.15. The number of carbonyl (C=O) groups excluding carboxylic acids is 1. The van der Waals surface area contributed by atoms with E-state index < -0.39 is 0 Å². The van der Waals surface area contributed by atoms with Crippen molar-refractivity contribution in [3.63, 3.8) is 0 Å². The fourth-order valence-corrected chi connectivity index (χ4v) is 3.29. The second kappa shape index (κ2) is 8.03. The molecule has 2 aromatic carbocycles. The Morgan fingerprint density at radius 2 is 1.78 bits per heavy atom. The molecule has 0 spiro atoms. The summed E-state index contributed by atoms with van der Waals surface area (Å²) < 4.78 is 1.82. The van der Waals surface area contributed by atoms with Crippen molar-refractivity contribution in [1.82, 2.24) is 9.78 Å². The molecule has 0 aliphatic heterocycles. The number of urea groups is 1. The molecule has 3 rings (SSSR count). The van der Waals surface area contributed by atoms with Gasteiger partial charge in [0.25, 0.3) is 0 Å². The Balaban J connectivity index is 1.76. The Bertz CT molecular complexity index is 998. The minimum absolute atomic E-state index is 0.371. The molecule has 27 heavy (non-hydrogen) atoms. The smallest absolute Gasteiger partial charge is 0.306 e. The summed E-state index contributed by atoms with van der Waals surface area (Å²) in [4.78, 5) is 12.4. The summed E-state index contributed by atoms with van der Waals surface area (Å²) in [6, 6.07) is 12.7. The van der Waals surface area contributed by atoms with Crippen molar-refractivity contribution in [2.45, 2.75) is 27.3 Å². The average Bonchev–Trinajstić information content (AvgIpc) is 2.87. The van der Waals surface area contributed by atoms with Gasteiger partial charge in [0, 0.05) is 5.02 Å². The molecule has 3 aromatic rings. The van der Waals surface area contributed by atoms with Crippen LogP contribution in [0.1, 0.15) is 22.5 Å². The van der Waals surface area contributed by atoms with Crippen LogP contribution in [0.2, 0.25) is 10.0 Å². The largest absolute Gasteiger partial charge is 0.323 e. The maximum atomic E-state index is 12.4. The zero-order valence-corrected chi connectivity index (χ0v) is 16.8. The van der Waals surface area contributed by atoms with Crippen molar-refractivity contribution >= 4 is 40.6 Å². The normalized spacial score (nSPS) is 10.7. The minimum atomic E-state index is -0.371. The van der Waals surface area contributed by atoms with Crippen LogP contribution in [0.3, 0.4) is 0 Å². The fourth-order valence-electron chi connectivity index (χ4n) is 2.81. The highest BCUT2D eigenvalue weighted by molar-refractivity contribution is 6.33. The van der Waals surface area contributed by atoms with Crippen LogP contribution in [-0.2, 0) is 6.54 Å². The van der Waals surface area contributed by atoms with Gasteiger partial charge in [-0.1, -0.05) is 47.5 Å². The predicted molar refractivity (Wildman–Crippen MR) is 111 cm³/mol. The first kappa shape index (κ1) is 19.3. The number of hydrogen-bond acceptors (Lipinski definition) is 2. The van der Waals surface area contributed by atoms with Crippen LogP contribution < -0.4 is 10.6 Å². The van der Waals surface area contributed by atoms with Crippen LogP contribution in [0.15, 0.2) is 42.5 Å². The molecule has 2 N–H and O–H groups in total. The summed E-state index contributed by atoms with van der Waals surface area (Å²) in [5.41, 5.74) is 4.79. The average molecular weight is 403 g/mol. The molecule has 0 saturated carbocycles. The number of benzene rings is 2. The summed E-state index contributed by atoms with van der Waals surface area (Å²) in [6.45, 7) is 6.23. The number of nitrogens with one attached hydrogen (secondary N) is 2. The SMILES string of the molecule is Cc1ccc(NC(=O)Nc2c(C)nn(Cc3ccccc3Cl)c2C)c(Cl)c1. The van der Waals surface area contributed by atoms with E-state index in [0.29, 0.717) is 28.0 Å². The van der Waals surface area contributed by atoms with E-state index >= 15 is 0 Å². The molecule has 1 heterocycles. The van der Waals surface area contributed by atoms with Gasteiger partial charge in [0.1, 0.15) is 0 Å². The third-order valence-electron chi connectivity index (χ3n) is 4.27. The van der Waals surface area contributed by atoms with Gasteiger partial charge in [0.15, 0.2) is 0 Å². The van der Waals surface area contributed by atoms with E-state index in [2.05, 4.69) is 15.7 Å². The first-order chi connectivity index (χ1) is 12.8. The molecule has 1 aromatic heterocycles. The molecule has 0 bridgehead atoms. The maximum Gasteiger partial charge on any atom is 0.323 e. The van der Waals surface area contributed by atoms with Crippen molar-refractivity contribution < 1.29 is 4.79 Å². The summed E-state index contributed by atoms with van der Waals surface area (Å²) in [5, 5.41) is 11.3. The third-order valence-corrected chi connectivity index (χ3v) is 4.95. The number of hydrogen-bond donors (Lipinski definition) is 2. The second-order valence-corrected chi connectivity index (χ2v) is 7.17. The zero-order chi connectivity index (χ0) is 19.6. The van der Waals surface area contributed by atoms with Crippen LogP contribution in [0.5, 0.6) is 0 Å². The van der Waals surface area contributed by atoms with E-state index in [9.17, 15) is 4.79 Å². The standard InChI is InChI=1S/C20H20Cl2N4O/c1-12-8-9-18(17(22)10-12)23-20(27)24-19-13(2)25-26(14(19)3)11-15-6-4-5-7-16(15)21/h4-10H,11H2,1-3H3,(H2,23,24,27). The summed E-state index contributed by atoms with van der Waals surface area (Å²) >= 11 is 12.4. The van der Waals surface area contributed by atoms with E-state index in [-0.39, 0.29) is 6.03 Å². The number of halogens is 2. The van der Waals surface area contributed by atoms with Gasteiger partial charge in [0.05, 0.1) is 34.3 Å². The van der Waals surface area contributed by atoms with E-state index in [1.165, 1.54) is 0 Å². The summed E-state index contributed by atoms with van der Waals surface area (Å²) in [5.74, 6) is 0. The van der Waals surface area contributed by atoms with E-state index in [4.69, 9.17) is 23.2 Å². The quantitative estimate of drug-likeness (QED) is 0.578. The lowest BCUT2D eigenvalue weighted by Crippen LogP contribution is -2.20. The van der Waals surface area contributed by atoms with Crippen LogP contribution >= 0.6 is 23.2 Å². The van der Waals surface area contributed by atoms with Gasteiger partial charge >= 0.3 is 6.03 Å². The number of amides is 2. The van der Waals surface area contributed by atoms with Gasteiger partial charge in [-0.2, -0.15) is 5.10 Å². The molecule has 0 unspecified atom stereocenters. The van der Waals surface area contributed by atoms with Crippen molar-refractivity contribution in [3.8, 4) is 0 Å². The molecular formula is C20H20Cl2N4O. The first-order valence-corrected chi connectivity index (χ1v) is 9.22. The summed E-state index contributed by atoms with van der Waals surface area (Å²) in [7, 11) is 0. The van der Waals surface area contributed by atoms with Crippen molar-refractivity contribution in [2.75, 3.05) is 10.6 Å². The molecule has 2 amide bonds. The number of aromatic nitrogens is 2. The number of nitrogens with zero attached hydrogens (tertiary/aromatic N) is 2. The van der Waals surface area contributed by atoms with Gasteiger partial charge < -0.3 is 10.6 Å². The zero-order valence-electron chi connectivity index (χ0n) is 15.3. The Hall–Kier alpha value is -2.50. The van der Waals surface area contributed by atoms with E-state index in [1.54, 1.807) is 12.1 Å². The lowest BCUT2D eigenvalue weighted by atomic mass is 10.2. The Labute approximate surface area is 168 Å². The van der Waals surface area contributed by atoms with Crippen LogP contribution in [-0.4, -0.2) is 15.8 Å². The Morgan fingerprint density at radius 1 is 1.04 bits per heavy atom. The Morgan fingerprint density at radius 3 is 2.48 bits per heavy atom. The summed E-state index contributed by atoms with van der Waals surface area (Å²) in [6.07, 6.45) is 0. The van der Waals surface area contributed by atoms with Crippen LogP contribution in [0, 0.1) is 20.8 Å². The van der Waals surface area contributed by atoms with Gasteiger partial charge in [0.2, 0.25) is 0 Å². The predicted octanol–water partition coefficient (Wildman–Crippen LogP) is 5.81. The van der Waals surface area contributed by atoms with Crippen LogP contribution in [0.25, 0.3) is 0 Å². The number of rotatable bonds is 4. The molecule has 0 aliphatic carbocycles. The third kappa shape index (κ3) is 4.43. The Kier molecular flexibility index (Phi) is 5.73. The molecule has 140 valence electrons. The van der Waals surface area contributed by atoms with Crippen LogP contribution in [0.4, 0.5) is 16.2 Å². The lowest BCUT2D eigenvalue weighted by Gasteiger charge is -2.10. The number of anilines is 2. The topological polar surface area (TPSA) is 59.0 Å². The van der Waals surface area contributed by atoms with Crippen molar-refractivity contribution in [3.05, 3.63) is 75.0 Å². The molecular weight excluding hydrogens is 383 g/mol. The van der Waals surface area contributed by atoms with Gasteiger partial charge in [-0.25, -0.2) is 4.79 Å². The molecule has 5 nitrogen and oxygen atoms in total. The molecule has 0 aliphatic rings. The highest BCUT2D eigenvalue weighted by Crippen LogP contribution is 2.25. The minimum Gasteiger partial charge on any atom is -0.306 e. The van der Waals surface area contributed by atoms with Crippen molar-refractivity contribution in [2.24, 2.45) is 0 Å². The first-order valence-electron chi connectivity index (χ1n) is 8.46. The monoisotopic (exact) mass is 402 g/mol. The van der Waals surface area contributed by atoms with Gasteiger partial charge in [-0.05, 0) is 50.1 Å². The molecule has 0 saturated heterocycles. The molecule has 0 atom stereocenters. The maximum absolute atomic E-state index is 12.4. The van der Waals surface area contributed by atoms with E-state index in [0.717, 1.165) is 22.5 Å². The lowest BCUT2D eigenvalue weighted by molar-refractivity contribution is 0.262. The molecule has 7 heteroatoms.